The molecule has 1 aliphatic rings. The number of thiophene rings is 1. The molecule has 9 heteroatoms. The molecule has 1 saturated heterocycles. The molecule has 1 N–H and O–H groups in total. The van der Waals surface area contributed by atoms with Crippen LogP contribution in [0.5, 0.6) is 0 Å². The Bertz CT molecular complexity index is 980. The van der Waals surface area contributed by atoms with Gasteiger partial charge < -0.3 is 4.42 Å². The highest BCUT2D eigenvalue weighted by atomic mass is 32.1. The van der Waals surface area contributed by atoms with Gasteiger partial charge in [0.25, 0.3) is 11.8 Å². The quantitative estimate of drug-likeness (QED) is 0.710. The van der Waals surface area contributed by atoms with Crippen LogP contribution in [0.2, 0.25) is 0 Å². The van der Waals surface area contributed by atoms with Gasteiger partial charge in [-0.3, -0.25) is 24.6 Å². The number of hydrogen-bond donors (Lipinski definition) is 1. The molecule has 3 heterocycles. The summed E-state index contributed by atoms with van der Waals surface area (Å²) in [6.07, 6.45) is 0.366. The molecule has 1 fully saturated rings. The minimum atomic E-state index is -0.480. The lowest BCUT2D eigenvalue weighted by Crippen LogP contribution is -2.28. The zero-order chi connectivity index (χ0) is 18.1. The molecule has 0 atom stereocenters. The molecule has 4 rings (SSSR count). The molecule has 0 bridgehead atoms. The van der Waals surface area contributed by atoms with Crippen molar-refractivity contribution in [2.24, 2.45) is 0 Å². The van der Waals surface area contributed by atoms with Gasteiger partial charge in [0.15, 0.2) is 0 Å². The van der Waals surface area contributed by atoms with E-state index in [0.717, 1.165) is 10.5 Å². The van der Waals surface area contributed by atoms with Crippen molar-refractivity contribution in [3.8, 4) is 11.5 Å². The van der Waals surface area contributed by atoms with Gasteiger partial charge >= 0.3 is 6.01 Å². The minimum Gasteiger partial charge on any atom is -0.403 e. The highest BCUT2D eigenvalue weighted by molar-refractivity contribution is 7.08. The standard InChI is InChI=1S/C17H12N4O4S/c22-13-4-5-14(23)21(13)12-3-1-2-10(8-12)15(24)18-17-20-19-16(25-17)11-6-7-26-9-11/h1-3,6-9H,4-5H2,(H,18,20,24). The van der Waals surface area contributed by atoms with Gasteiger partial charge in [0.1, 0.15) is 0 Å². The van der Waals surface area contributed by atoms with Gasteiger partial charge in [0, 0.05) is 29.3 Å². The van der Waals surface area contributed by atoms with Crippen LogP contribution >= 0.6 is 11.3 Å². The molecule has 3 aromatic rings. The van der Waals surface area contributed by atoms with Gasteiger partial charge in [-0.25, -0.2) is 0 Å². The van der Waals surface area contributed by atoms with E-state index in [1.165, 1.54) is 17.4 Å². The summed E-state index contributed by atoms with van der Waals surface area (Å²) in [4.78, 5) is 37.2. The summed E-state index contributed by atoms with van der Waals surface area (Å²) in [6, 6.07) is 8.06. The van der Waals surface area contributed by atoms with Crippen molar-refractivity contribution in [2.75, 3.05) is 10.2 Å². The summed E-state index contributed by atoms with van der Waals surface area (Å²) in [5.74, 6) is -0.718. The topological polar surface area (TPSA) is 105 Å². The van der Waals surface area contributed by atoms with Crippen molar-refractivity contribution in [3.05, 3.63) is 46.7 Å². The molecule has 0 spiro atoms. The monoisotopic (exact) mass is 368 g/mol. The number of aromatic nitrogens is 2. The number of carbonyl (C=O) groups is 3. The third kappa shape index (κ3) is 3.00. The number of nitrogens with zero attached hydrogens (tertiary/aromatic N) is 3. The second-order valence-corrected chi connectivity index (χ2v) is 6.33. The lowest BCUT2D eigenvalue weighted by molar-refractivity contribution is -0.121. The van der Waals surface area contributed by atoms with E-state index < -0.39 is 5.91 Å². The summed E-state index contributed by atoms with van der Waals surface area (Å²) in [7, 11) is 0. The van der Waals surface area contributed by atoms with E-state index in [2.05, 4.69) is 15.5 Å². The van der Waals surface area contributed by atoms with Crippen molar-refractivity contribution in [2.45, 2.75) is 12.8 Å². The first-order valence-corrected chi connectivity index (χ1v) is 8.69. The summed E-state index contributed by atoms with van der Waals surface area (Å²) >= 11 is 1.49. The van der Waals surface area contributed by atoms with Crippen molar-refractivity contribution in [1.82, 2.24) is 10.2 Å². The van der Waals surface area contributed by atoms with E-state index in [9.17, 15) is 14.4 Å². The Morgan fingerprint density at radius 2 is 1.96 bits per heavy atom. The van der Waals surface area contributed by atoms with Crippen LogP contribution in [-0.2, 0) is 9.59 Å². The molecule has 1 aromatic carbocycles. The average molecular weight is 368 g/mol. The van der Waals surface area contributed by atoms with Crippen LogP contribution in [0.1, 0.15) is 23.2 Å². The highest BCUT2D eigenvalue weighted by Gasteiger charge is 2.30. The van der Waals surface area contributed by atoms with Crippen molar-refractivity contribution in [1.29, 1.82) is 0 Å². The van der Waals surface area contributed by atoms with E-state index in [1.807, 2.05) is 16.8 Å². The molecule has 8 nitrogen and oxygen atoms in total. The summed E-state index contributed by atoms with van der Waals surface area (Å²) in [5, 5.41) is 13.9. The third-order valence-corrected chi connectivity index (χ3v) is 4.51. The molecule has 2 aromatic heterocycles. The smallest absolute Gasteiger partial charge is 0.322 e. The molecule has 0 unspecified atom stereocenters. The zero-order valence-electron chi connectivity index (χ0n) is 13.3. The molecular formula is C17H12N4O4S. The molecule has 0 aliphatic carbocycles. The number of anilines is 2. The first-order chi connectivity index (χ1) is 12.6. The van der Waals surface area contributed by atoms with E-state index in [4.69, 9.17) is 4.42 Å². The molecule has 3 amide bonds. The average Bonchev–Trinajstić information content (AvgIpc) is 3.37. The molecule has 1 aliphatic heterocycles. The van der Waals surface area contributed by atoms with Gasteiger partial charge in [0.05, 0.1) is 5.69 Å². The Labute approximate surface area is 151 Å². The van der Waals surface area contributed by atoms with Gasteiger partial charge in [-0.15, -0.1) is 5.10 Å². The number of rotatable bonds is 4. The lowest BCUT2D eigenvalue weighted by Gasteiger charge is -2.14. The zero-order valence-corrected chi connectivity index (χ0v) is 14.2. The number of benzene rings is 1. The van der Waals surface area contributed by atoms with E-state index in [0.29, 0.717) is 11.6 Å². The fraction of sp³-hybridized carbons (Fsp3) is 0.118. The normalized spacial score (nSPS) is 14.1. The Kier molecular flexibility index (Phi) is 4.05. The predicted molar refractivity (Wildman–Crippen MR) is 93.7 cm³/mol. The van der Waals surface area contributed by atoms with Gasteiger partial charge in [0.2, 0.25) is 11.8 Å². The second-order valence-electron chi connectivity index (χ2n) is 5.55. The number of nitrogens with one attached hydrogen (secondary N) is 1. The Morgan fingerprint density at radius 3 is 2.69 bits per heavy atom. The summed E-state index contributed by atoms with van der Waals surface area (Å²) < 4.78 is 5.42. The molecule has 26 heavy (non-hydrogen) atoms. The van der Waals surface area contributed by atoms with E-state index >= 15 is 0 Å². The summed E-state index contributed by atoms with van der Waals surface area (Å²) in [6.45, 7) is 0. The van der Waals surface area contributed by atoms with Crippen LogP contribution in [-0.4, -0.2) is 27.9 Å². The summed E-state index contributed by atoms with van der Waals surface area (Å²) in [5.41, 5.74) is 1.41. The SMILES string of the molecule is O=C(Nc1nnc(-c2ccsc2)o1)c1cccc(N2C(=O)CCC2=O)c1. The molecule has 130 valence electrons. The van der Waals surface area contributed by atoms with Crippen LogP contribution in [0.15, 0.2) is 45.5 Å². The first-order valence-electron chi connectivity index (χ1n) is 7.75. The van der Waals surface area contributed by atoms with Crippen LogP contribution in [0.25, 0.3) is 11.5 Å². The number of imide groups is 1. The largest absolute Gasteiger partial charge is 0.403 e. The van der Waals surface area contributed by atoms with E-state index in [1.54, 1.807) is 18.2 Å². The third-order valence-electron chi connectivity index (χ3n) is 3.83. The lowest BCUT2D eigenvalue weighted by atomic mass is 10.2. The first kappa shape index (κ1) is 16.2. The van der Waals surface area contributed by atoms with Gasteiger partial charge in [-0.05, 0) is 29.6 Å². The Morgan fingerprint density at radius 1 is 1.15 bits per heavy atom. The van der Waals surface area contributed by atoms with Crippen molar-refractivity contribution in [3.63, 3.8) is 0 Å². The molecular weight excluding hydrogens is 356 g/mol. The van der Waals surface area contributed by atoms with Crippen LogP contribution < -0.4 is 10.2 Å². The number of carbonyl (C=O) groups excluding carboxylic acids is 3. The van der Waals surface area contributed by atoms with Gasteiger partial charge in [-0.1, -0.05) is 11.2 Å². The highest BCUT2D eigenvalue weighted by Crippen LogP contribution is 2.25. The van der Waals surface area contributed by atoms with Gasteiger partial charge in [-0.2, -0.15) is 11.3 Å². The fourth-order valence-electron chi connectivity index (χ4n) is 2.60. The van der Waals surface area contributed by atoms with Crippen LogP contribution in [0.3, 0.4) is 0 Å². The Hall–Kier alpha value is -3.33. The maximum absolute atomic E-state index is 12.4. The maximum atomic E-state index is 12.4. The van der Waals surface area contributed by atoms with Crippen molar-refractivity contribution < 1.29 is 18.8 Å². The number of amides is 3. The van der Waals surface area contributed by atoms with Crippen LogP contribution in [0.4, 0.5) is 11.7 Å². The molecule has 0 radical (unpaired) electrons. The second kappa shape index (κ2) is 6.52. The van der Waals surface area contributed by atoms with Crippen molar-refractivity contribution >= 4 is 40.8 Å². The van der Waals surface area contributed by atoms with Crippen LogP contribution in [0, 0.1) is 0 Å². The predicted octanol–water partition coefficient (Wildman–Crippen LogP) is 2.70. The number of hydrogen-bond acceptors (Lipinski definition) is 7. The molecule has 0 saturated carbocycles. The minimum absolute atomic E-state index is 0.0325. The maximum Gasteiger partial charge on any atom is 0.322 e. The fourth-order valence-corrected chi connectivity index (χ4v) is 3.23. The Balaban J connectivity index is 1.53. The van der Waals surface area contributed by atoms with E-state index in [-0.39, 0.29) is 36.2 Å².